The summed E-state index contributed by atoms with van der Waals surface area (Å²) in [6.45, 7) is 6.93. The number of hydrogen-bond acceptors (Lipinski definition) is 3. The molecule has 1 aromatic rings. The van der Waals surface area contributed by atoms with Crippen LogP contribution < -0.4 is 16.0 Å². The predicted octanol–water partition coefficient (Wildman–Crippen LogP) is 2.54. The molecular formula is C16H24ClN3O. The number of primary amides is 1. The Morgan fingerprint density at radius 3 is 2.90 bits per heavy atom. The molecule has 1 unspecified atom stereocenters. The molecule has 0 bridgehead atoms. The van der Waals surface area contributed by atoms with Gasteiger partial charge >= 0.3 is 0 Å². The highest BCUT2D eigenvalue weighted by Gasteiger charge is 2.29. The van der Waals surface area contributed by atoms with Gasteiger partial charge in [0.05, 0.1) is 0 Å². The van der Waals surface area contributed by atoms with E-state index < -0.39 is 0 Å². The third kappa shape index (κ3) is 4.11. The van der Waals surface area contributed by atoms with Gasteiger partial charge in [0.1, 0.15) is 6.04 Å². The van der Waals surface area contributed by atoms with Crippen LogP contribution in [-0.4, -0.2) is 25.0 Å². The predicted molar refractivity (Wildman–Crippen MR) is 87.6 cm³/mol. The lowest BCUT2D eigenvalue weighted by Crippen LogP contribution is -2.40. The largest absolute Gasteiger partial charge is 0.368 e. The molecule has 116 valence electrons. The van der Waals surface area contributed by atoms with Gasteiger partial charge in [-0.25, -0.2) is 0 Å². The maximum atomic E-state index is 11.5. The molecule has 0 aliphatic carbocycles. The number of amides is 1. The van der Waals surface area contributed by atoms with E-state index in [4.69, 9.17) is 17.3 Å². The molecule has 1 heterocycles. The Balaban J connectivity index is 2.06. The van der Waals surface area contributed by atoms with Crippen LogP contribution in [0.2, 0.25) is 5.02 Å². The first-order valence-corrected chi connectivity index (χ1v) is 7.92. The first-order valence-electron chi connectivity index (χ1n) is 7.54. The number of benzene rings is 1. The summed E-state index contributed by atoms with van der Waals surface area (Å²) in [5.41, 5.74) is 7.52. The molecule has 1 aromatic carbocycles. The first kappa shape index (κ1) is 16.1. The molecule has 21 heavy (non-hydrogen) atoms. The highest BCUT2D eigenvalue weighted by molar-refractivity contribution is 6.31. The number of anilines is 1. The van der Waals surface area contributed by atoms with Gasteiger partial charge in [0.25, 0.3) is 0 Å². The number of nitrogens with one attached hydrogen (secondary N) is 1. The van der Waals surface area contributed by atoms with Crippen LogP contribution >= 0.6 is 11.6 Å². The van der Waals surface area contributed by atoms with Crippen molar-refractivity contribution in [2.75, 3.05) is 18.0 Å². The van der Waals surface area contributed by atoms with Crippen molar-refractivity contribution in [2.45, 2.75) is 39.3 Å². The van der Waals surface area contributed by atoms with Gasteiger partial charge in [0.15, 0.2) is 0 Å². The lowest BCUT2D eigenvalue weighted by Gasteiger charge is -2.25. The Kier molecular flexibility index (Phi) is 5.48. The minimum atomic E-state index is -0.258. The normalized spacial score (nSPS) is 18.5. The van der Waals surface area contributed by atoms with Gasteiger partial charge in [-0.3, -0.25) is 4.79 Å². The molecule has 3 N–H and O–H groups in total. The molecule has 1 fully saturated rings. The Bertz CT molecular complexity index is 504. The van der Waals surface area contributed by atoms with Gasteiger partial charge in [-0.15, -0.1) is 0 Å². The van der Waals surface area contributed by atoms with Crippen molar-refractivity contribution < 1.29 is 4.79 Å². The number of rotatable bonds is 6. The smallest absolute Gasteiger partial charge is 0.240 e. The van der Waals surface area contributed by atoms with Gasteiger partial charge in [-0.2, -0.15) is 0 Å². The van der Waals surface area contributed by atoms with E-state index in [9.17, 15) is 4.79 Å². The second kappa shape index (κ2) is 7.14. The molecule has 1 saturated heterocycles. The number of hydrogen-bond donors (Lipinski definition) is 2. The third-order valence-corrected chi connectivity index (χ3v) is 4.17. The van der Waals surface area contributed by atoms with Crippen LogP contribution in [0.25, 0.3) is 0 Å². The van der Waals surface area contributed by atoms with Gasteiger partial charge in [0, 0.05) is 23.8 Å². The van der Waals surface area contributed by atoms with E-state index in [1.807, 2.05) is 18.2 Å². The fourth-order valence-corrected chi connectivity index (χ4v) is 2.97. The Morgan fingerprint density at radius 2 is 2.29 bits per heavy atom. The molecule has 2 rings (SSSR count). The SMILES string of the molecule is CC(C)CNCc1ccc(N2CCCC2C(N)=O)cc1Cl. The Hall–Kier alpha value is -1.26. The number of nitrogens with zero attached hydrogens (tertiary/aromatic N) is 1. The lowest BCUT2D eigenvalue weighted by atomic mass is 10.1. The molecule has 1 aliphatic rings. The number of carbonyl (C=O) groups is 1. The zero-order chi connectivity index (χ0) is 15.4. The van der Waals surface area contributed by atoms with Crippen molar-refractivity contribution in [2.24, 2.45) is 11.7 Å². The van der Waals surface area contributed by atoms with Crippen molar-refractivity contribution >= 4 is 23.2 Å². The summed E-state index contributed by atoms with van der Waals surface area (Å²) in [4.78, 5) is 13.5. The van der Waals surface area contributed by atoms with E-state index in [-0.39, 0.29) is 11.9 Å². The molecule has 0 aromatic heterocycles. The Morgan fingerprint density at radius 1 is 1.52 bits per heavy atom. The summed E-state index contributed by atoms with van der Waals surface area (Å²) in [6.07, 6.45) is 1.81. The first-order chi connectivity index (χ1) is 9.99. The summed E-state index contributed by atoms with van der Waals surface area (Å²) in [6, 6.07) is 5.79. The topological polar surface area (TPSA) is 58.4 Å². The van der Waals surface area contributed by atoms with E-state index in [0.717, 1.165) is 48.7 Å². The zero-order valence-electron chi connectivity index (χ0n) is 12.7. The van der Waals surface area contributed by atoms with Gasteiger partial charge in [-0.1, -0.05) is 31.5 Å². The van der Waals surface area contributed by atoms with E-state index in [2.05, 4.69) is 24.1 Å². The molecule has 0 radical (unpaired) electrons. The number of carbonyl (C=O) groups excluding carboxylic acids is 1. The van der Waals surface area contributed by atoms with E-state index in [1.54, 1.807) is 0 Å². The van der Waals surface area contributed by atoms with Gasteiger partial charge in [0.2, 0.25) is 5.91 Å². The van der Waals surface area contributed by atoms with Gasteiger partial charge < -0.3 is 16.0 Å². The molecule has 1 aliphatic heterocycles. The summed E-state index contributed by atoms with van der Waals surface area (Å²) in [7, 11) is 0. The molecule has 5 heteroatoms. The minimum Gasteiger partial charge on any atom is -0.368 e. The van der Waals surface area contributed by atoms with Gasteiger partial charge in [-0.05, 0) is 43.0 Å². The minimum absolute atomic E-state index is 0.203. The van der Waals surface area contributed by atoms with Crippen LogP contribution in [0.1, 0.15) is 32.3 Å². The van der Waals surface area contributed by atoms with Crippen molar-refractivity contribution in [3.05, 3.63) is 28.8 Å². The molecule has 0 saturated carbocycles. The maximum Gasteiger partial charge on any atom is 0.240 e. The molecule has 0 spiro atoms. The number of nitrogens with two attached hydrogens (primary N) is 1. The quantitative estimate of drug-likeness (QED) is 0.849. The van der Waals surface area contributed by atoms with Crippen LogP contribution in [0.15, 0.2) is 18.2 Å². The third-order valence-electron chi connectivity index (χ3n) is 3.82. The van der Waals surface area contributed by atoms with Crippen molar-refractivity contribution in [1.82, 2.24) is 5.32 Å². The standard InChI is InChI=1S/C16H24ClN3O/c1-11(2)9-19-10-12-5-6-13(8-14(12)17)20-7-3-4-15(20)16(18)21/h5-6,8,11,15,19H,3-4,7,9-10H2,1-2H3,(H2,18,21). The van der Waals surface area contributed by atoms with Crippen LogP contribution in [0, 0.1) is 5.92 Å². The zero-order valence-corrected chi connectivity index (χ0v) is 13.5. The van der Waals surface area contributed by atoms with Crippen molar-refractivity contribution in [1.29, 1.82) is 0 Å². The highest BCUT2D eigenvalue weighted by atomic mass is 35.5. The molecule has 1 amide bonds. The average Bonchev–Trinajstić information content (AvgIpc) is 2.89. The second-order valence-corrected chi connectivity index (χ2v) is 6.46. The second-order valence-electron chi connectivity index (χ2n) is 6.05. The highest BCUT2D eigenvalue weighted by Crippen LogP contribution is 2.29. The van der Waals surface area contributed by atoms with Crippen LogP contribution in [-0.2, 0) is 11.3 Å². The summed E-state index contributed by atoms with van der Waals surface area (Å²) >= 11 is 6.37. The van der Waals surface area contributed by atoms with E-state index in [0.29, 0.717) is 5.92 Å². The summed E-state index contributed by atoms with van der Waals surface area (Å²) in [5.74, 6) is 0.357. The molecular weight excluding hydrogens is 286 g/mol. The molecule has 1 atom stereocenters. The Labute approximate surface area is 131 Å². The molecule has 4 nitrogen and oxygen atoms in total. The summed E-state index contributed by atoms with van der Waals surface area (Å²) < 4.78 is 0. The monoisotopic (exact) mass is 309 g/mol. The number of halogens is 1. The van der Waals surface area contributed by atoms with Crippen molar-refractivity contribution in [3.8, 4) is 0 Å². The van der Waals surface area contributed by atoms with E-state index in [1.165, 1.54) is 0 Å². The fourth-order valence-electron chi connectivity index (χ4n) is 2.73. The van der Waals surface area contributed by atoms with Crippen LogP contribution in [0.4, 0.5) is 5.69 Å². The fraction of sp³-hybridized carbons (Fsp3) is 0.562. The summed E-state index contributed by atoms with van der Waals surface area (Å²) in [5, 5.41) is 4.12. The van der Waals surface area contributed by atoms with Crippen LogP contribution in [0.5, 0.6) is 0 Å². The average molecular weight is 310 g/mol. The van der Waals surface area contributed by atoms with E-state index >= 15 is 0 Å². The lowest BCUT2D eigenvalue weighted by molar-refractivity contribution is -0.119. The maximum absolute atomic E-state index is 11.5. The van der Waals surface area contributed by atoms with Crippen molar-refractivity contribution in [3.63, 3.8) is 0 Å². The van der Waals surface area contributed by atoms with Crippen LogP contribution in [0.3, 0.4) is 0 Å².